The maximum atomic E-state index is 12.2. The van der Waals surface area contributed by atoms with Crippen LogP contribution in [0.4, 0.5) is 18.9 Å². The molecule has 11 heteroatoms. The number of anilines is 1. The van der Waals surface area contributed by atoms with Crippen molar-refractivity contribution >= 4 is 21.6 Å². The lowest BCUT2D eigenvalue weighted by atomic mass is 10.3. The fraction of sp³-hybridized carbons (Fsp3) is 0.278. The van der Waals surface area contributed by atoms with E-state index in [9.17, 15) is 26.4 Å². The van der Waals surface area contributed by atoms with E-state index in [0.717, 1.165) is 24.3 Å². The van der Waals surface area contributed by atoms with Crippen molar-refractivity contribution in [1.82, 2.24) is 4.72 Å². The van der Waals surface area contributed by atoms with Crippen molar-refractivity contribution in [1.29, 1.82) is 0 Å². The number of alkyl halides is 3. The van der Waals surface area contributed by atoms with E-state index < -0.39 is 22.1 Å². The van der Waals surface area contributed by atoms with Gasteiger partial charge in [0.05, 0.1) is 11.5 Å². The number of carbonyl (C=O) groups excluding carboxylic acids is 1. The van der Waals surface area contributed by atoms with Gasteiger partial charge in [0.1, 0.15) is 11.5 Å². The monoisotopic (exact) mass is 432 g/mol. The number of ether oxygens (including phenoxy) is 2. The average molecular weight is 432 g/mol. The SMILES string of the molecule is CC(=O)Nc1cccc(OCCCNS(=O)(=O)c2ccc(OC(F)(F)F)cc2)c1. The summed E-state index contributed by atoms with van der Waals surface area (Å²) < 4.78 is 72.2. The van der Waals surface area contributed by atoms with Crippen molar-refractivity contribution in [3.8, 4) is 11.5 Å². The van der Waals surface area contributed by atoms with Gasteiger partial charge in [-0.1, -0.05) is 6.07 Å². The van der Waals surface area contributed by atoms with Crippen LogP contribution in [0.15, 0.2) is 53.4 Å². The molecule has 0 aromatic heterocycles. The predicted molar refractivity (Wildman–Crippen MR) is 99.2 cm³/mol. The van der Waals surface area contributed by atoms with Crippen molar-refractivity contribution in [2.75, 3.05) is 18.5 Å². The molecule has 0 heterocycles. The highest BCUT2D eigenvalue weighted by Crippen LogP contribution is 2.23. The van der Waals surface area contributed by atoms with Crippen LogP contribution in [-0.4, -0.2) is 33.8 Å². The Morgan fingerprint density at radius 1 is 1.07 bits per heavy atom. The van der Waals surface area contributed by atoms with Gasteiger partial charge in [0.2, 0.25) is 15.9 Å². The van der Waals surface area contributed by atoms with Gasteiger partial charge in [-0.15, -0.1) is 13.2 Å². The summed E-state index contributed by atoms with van der Waals surface area (Å²) >= 11 is 0. The highest BCUT2D eigenvalue weighted by atomic mass is 32.2. The molecular weight excluding hydrogens is 413 g/mol. The van der Waals surface area contributed by atoms with Crippen LogP contribution >= 0.6 is 0 Å². The van der Waals surface area contributed by atoms with Crippen LogP contribution in [0.5, 0.6) is 11.5 Å². The number of amides is 1. The fourth-order valence-electron chi connectivity index (χ4n) is 2.24. The smallest absolute Gasteiger partial charge is 0.493 e. The molecule has 0 spiro atoms. The minimum absolute atomic E-state index is 0.0640. The van der Waals surface area contributed by atoms with Gasteiger partial charge < -0.3 is 14.8 Å². The van der Waals surface area contributed by atoms with Crippen molar-refractivity contribution in [3.63, 3.8) is 0 Å². The molecule has 158 valence electrons. The standard InChI is InChI=1S/C18H19F3N2O5S/c1-13(24)23-14-4-2-5-16(12-14)27-11-3-10-22-29(25,26)17-8-6-15(7-9-17)28-18(19,20)21/h2,4-9,12,22H,3,10-11H2,1H3,(H,23,24). The molecule has 0 atom stereocenters. The van der Waals surface area contributed by atoms with Crippen LogP contribution in [0.3, 0.4) is 0 Å². The lowest BCUT2D eigenvalue weighted by Crippen LogP contribution is -2.26. The number of carbonyl (C=O) groups is 1. The lowest BCUT2D eigenvalue weighted by Gasteiger charge is -2.11. The van der Waals surface area contributed by atoms with Gasteiger partial charge in [-0.2, -0.15) is 0 Å². The molecular formula is C18H19F3N2O5S. The van der Waals surface area contributed by atoms with Crippen LogP contribution in [0.2, 0.25) is 0 Å². The summed E-state index contributed by atoms with van der Waals surface area (Å²) in [6, 6.07) is 10.6. The number of rotatable bonds is 9. The summed E-state index contributed by atoms with van der Waals surface area (Å²) in [5, 5.41) is 2.62. The maximum absolute atomic E-state index is 12.2. The molecule has 0 bridgehead atoms. The molecule has 7 nitrogen and oxygen atoms in total. The average Bonchev–Trinajstić information content (AvgIpc) is 2.60. The minimum atomic E-state index is -4.85. The molecule has 0 saturated carbocycles. The first-order chi connectivity index (χ1) is 13.5. The molecule has 2 aromatic carbocycles. The molecule has 2 aromatic rings. The largest absolute Gasteiger partial charge is 0.573 e. The molecule has 0 aliphatic rings. The number of halogens is 3. The van der Waals surface area contributed by atoms with E-state index >= 15 is 0 Å². The first-order valence-corrected chi connectivity index (χ1v) is 9.89. The Labute approximate surface area is 165 Å². The molecule has 0 aliphatic heterocycles. The summed E-state index contributed by atoms with van der Waals surface area (Å²) in [7, 11) is -3.88. The van der Waals surface area contributed by atoms with Crippen LogP contribution in [-0.2, 0) is 14.8 Å². The zero-order valence-electron chi connectivity index (χ0n) is 15.3. The summed E-state index contributed by atoms with van der Waals surface area (Å²) in [4.78, 5) is 10.9. The normalized spacial score (nSPS) is 11.7. The number of benzene rings is 2. The summed E-state index contributed by atoms with van der Waals surface area (Å²) in [6.07, 6.45) is -4.50. The van der Waals surface area contributed by atoms with Gasteiger partial charge in [-0.05, 0) is 42.8 Å². The van der Waals surface area contributed by atoms with E-state index in [2.05, 4.69) is 14.8 Å². The number of nitrogens with one attached hydrogen (secondary N) is 2. The summed E-state index contributed by atoms with van der Waals surface area (Å²) in [5.74, 6) is -0.208. The first-order valence-electron chi connectivity index (χ1n) is 8.41. The van der Waals surface area contributed by atoms with E-state index in [4.69, 9.17) is 4.74 Å². The Balaban J connectivity index is 1.80. The van der Waals surface area contributed by atoms with E-state index in [1.165, 1.54) is 6.92 Å². The van der Waals surface area contributed by atoms with Crippen LogP contribution in [0, 0.1) is 0 Å². The molecule has 0 radical (unpaired) electrons. The fourth-order valence-corrected chi connectivity index (χ4v) is 3.31. The highest BCUT2D eigenvalue weighted by molar-refractivity contribution is 7.89. The van der Waals surface area contributed by atoms with E-state index in [0.29, 0.717) is 17.9 Å². The van der Waals surface area contributed by atoms with Gasteiger partial charge in [-0.3, -0.25) is 4.79 Å². The third kappa shape index (κ3) is 8.00. The number of hydrogen-bond acceptors (Lipinski definition) is 5. The van der Waals surface area contributed by atoms with Crippen molar-refractivity contribution in [3.05, 3.63) is 48.5 Å². The molecule has 0 fully saturated rings. The van der Waals surface area contributed by atoms with Gasteiger partial charge >= 0.3 is 6.36 Å². The Morgan fingerprint density at radius 2 is 1.76 bits per heavy atom. The second-order valence-electron chi connectivity index (χ2n) is 5.83. The zero-order chi connectivity index (χ0) is 21.5. The quantitative estimate of drug-likeness (QED) is 0.593. The molecule has 29 heavy (non-hydrogen) atoms. The minimum Gasteiger partial charge on any atom is -0.493 e. The third-order valence-electron chi connectivity index (χ3n) is 3.40. The van der Waals surface area contributed by atoms with E-state index in [1.807, 2.05) is 0 Å². The van der Waals surface area contributed by atoms with E-state index in [-0.39, 0.29) is 24.0 Å². The van der Waals surface area contributed by atoms with Gasteiger partial charge in [0.25, 0.3) is 0 Å². The Morgan fingerprint density at radius 3 is 2.38 bits per heavy atom. The maximum Gasteiger partial charge on any atom is 0.573 e. The third-order valence-corrected chi connectivity index (χ3v) is 4.88. The molecule has 0 saturated heterocycles. The van der Waals surface area contributed by atoms with Gasteiger partial charge in [0, 0.05) is 25.2 Å². The van der Waals surface area contributed by atoms with Crippen molar-refractivity contribution in [2.24, 2.45) is 0 Å². The Hall–Kier alpha value is -2.79. The van der Waals surface area contributed by atoms with Crippen molar-refractivity contribution in [2.45, 2.75) is 24.6 Å². The highest BCUT2D eigenvalue weighted by Gasteiger charge is 2.31. The van der Waals surface area contributed by atoms with Crippen LogP contribution in [0.25, 0.3) is 0 Å². The van der Waals surface area contributed by atoms with Crippen LogP contribution in [0.1, 0.15) is 13.3 Å². The van der Waals surface area contributed by atoms with Gasteiger partial charge in [0.15, 0.2) is 0 Å². The summed E-state index contributed by atoms with van der Waals surface area (Å²) in [6.45, 7) is 1.66. The van der Waals surface area contributed by atoms with Gasteiger partial charge in [-0.25, -0.2) is 13.1 Å². The first kappa shape index (κ1) is 22.5. The number of sulfonamides is 1. The second-order valence-corrected chi connectivity index (χ2v) is 7.59. The Bertz CT molecular complexity index is 931. The second kappa shape index (κ2) is 9.61. The molecule has 2 N–H and O–H groups in total. The topological polar surface area (TPSA) is 93.7 Å². The number of hydrogen-bond donors (Lipinski definition) is 2. The molecule has 1 amide bonds. The Kier molecular flexibility index (Phi) is 7.46. The van der Waals surface area contributed by atoms with E-state index in [1.54, 1.807) is 24.3 Å². The van der Waals surface area contributed by atoms with Crippen LogP contribution < -0.4 is 19.5 Å². The predicted octanol–water partition coefficient (Wildman–Crippen LogP) is 3.29. The molecule has 0 unspecified atom stereocenters. The lowest BCUT2D eigenvalue weighted by molar-refractivity contribution is -0.274. The van der Waals surface area contributed by atoms with Crippen molar-refractivity contribution < 1.29 is 35.9 Å². The zero-order valence-corrected chi connectivity index (χ0v) is 16.1. The molecule has 0 aliphatic carbocycles. The molecule has 2 rings (SSSR count). The summed E-state index contributed by atoms with van der Waals surface area (Å²) in [5.41, 5.74) is 0.577.